The Kier molecular flexibility index (Phi) is 7.13. The molecule has 8 nitrogen and oxygen atoms in total. The number of methoxy groups -OCH3 is 1. The van der Waals surface area contributed by atoms with Crippen LogP contribution in [-0.4, -0.2) is 52.9 Å². The second-order valence-electron chi connectivity index (χ2n) is 9.12. The van der Waals surface area contributed by atoms with Crippen molar-refractivity contribution in [3.63, 3.8) is 0 Å². The fraction of sp³-hybridized carbons (Fsp3) is 0.276. The number of hydrogen-bond acceptors (Lipinski definition) is 5. The lowest BCUT2D eigenvalue weighted by Gasteiger charge is -2.31. The van der Waals surface area contributed by atoms with E-state index in [0.717, 1.165) is 30.5 Å². The van der Waals surface area contributed by atoms with Crippen LogP contribution < -0.4 is 15.4 Å². The summed E-state index contributed by atoms with van der Waals surface area (Å²) in [4.78, 5) is 34.7. The Morgan fingerprint density at radius 1 is 1.34 bits per heavy atom. The first-order chi connectivity index (χ1) is 18.5. The lowest BCUT2D eigenvalue weighted by atomic mass is 10.0. The summed E-state index contributed by atoms with van der Waals surface area (Å²) in [5.74, 6) is 5.66. The Morgan fingerprint density at radius 3 is 3.03 bits per heavy atom. The van der Waals surface area contributed by atoms with Crippen molar-refractivity contribution in [1.29, 1.82) is 0 Å². The van der Waals surface area contributed by atoms with E-state index in [9.17, 15) is 14.0 Å². The number of nitrogens with one attached hydrogen (secondary N) is 3. The maximum atomic E-state index is 14.5. The van der Waals surface area contributed by atoms with Crippen LogP contribution in [0.3, 0.4) is 0 Å². The van der Waals surface area contributed by atoms with E-state index in [1.807, 2.05) is 6.07 Å². The van der Waals surface area contributed by atoms with Crippen LogP contribution in [0.25, 0.3) is 11.3 Å². The fourth-order valence-electron chi connectivity index (χ4n) is 4.99. The highest BCUT2D eigenvalue weighted by molar-refractivity contribution is 6.06. The summed E-state index contributed by atoms with van der Waals surface area (Å²) in [5, 5.41) is 6.13. The highest BCUT2D eigenvalue weighted by Crippen LogP contribution is 2.40. The molecule has 0 unspecified atom stereocenters. The molecule has 2 aromatic heterocycles. The van der Waals surface area contributed by atoms with Gasteiger partial charge < -0.3 is 25.3 Å². The largest absolute Gasteiger partial charge is 0.492 e. The number of halogens is 1. The first-order valence-electron chi connectivity index (χ1n) is 12.5. The molecule has 4 heterocycles. The monoisotopic (exact) mass is 513 g/mol. The van der Waals surface area contributed by atoms with Crippen molar-refractivity contribution in [2.24, 2.45) is 0 Å². The summed E-state index contributed by atoms with van der Waals surface area (Å²) in [7, 11) is 1.39. The average Bonchev–Trinajstić information content (AvgIpc) is 3.31. The van der Waals surface area contributed by atoms with Crippen LogP contribution >= 0.6 is 0 Å². The summed E-state index contributed by atoms with van der Waals surface area (Å²) in [6.07, 6.45) is 7.96. The van der Waals surface area contributed by atoms with Gasteiger partial charge in [0.15, 0.2) is 11.6 Å². The fourth-order valence-corrected chi connectivity index (χ4v) is 4.99. The van der Waals surface area contributed by atoms with E-state index in [0.29, 0.717) is 47.7 Å². The van der Waals surface area contributed by atoms with Crippen LogP contribution in [0.2, 0.25) is 0 Å². The number of benzene rings is 1. The number of carbonyl (C=O) groups excluding carboxylic acids is 2. The molecule has 2 amide bonds. The molecule has 2 aliphatic rings. The van der Waals surface area contributed by atoms with Gasteiger partial charge in [-0.2, -0.15) is 0 Å². The van der Waals surface area contributed by atoms with Gasteiger partial charge in [-0.15, -0.1) is 0 Å². The van der Waals surface area contributed by atoms with Crippen molar-refractivity contribution >= 4 is 23.2 Å². The topological polar surface area (TPSA) is 99.3 Å². The molecule has 1 aromatic carbocycles. The van der Waals surface area contributed by atoms with Crippen LogP contribution in [0.5, 0.6) is 5.75 Å². The zero-order valence-corrected chi connectivity index (χ0v) is 21.1. The minimum atomic E-state index is -0.519. The van der Waals surface area contributed by atoms with Gasteiger partial charge in [-0.05, 0) is 43.5 Å². The molecule has 9 heteroatoms. The van der Waals surface area contributed by atoms with Gasteiger partial charge in [-0.3, -0.25) is 14.6 Å². The second-order valence-corrected chi connectivity index (χ2v) is 9.12. The van der Waals surface area contributed by atoms with Gasteiger partial charge >= 0.3 is 0 Å². The Balaban J connectivity index is 1.60. The van der Waals surface area contributed by atoms with Gasteiger partial charge in [0.05, 0.1) is 41.3 Å². The van der Waals surface area contributed by atoms with Crippen molar-refractivity contribution in [3.8, 4) is 28.8 Å². The number of anilines is 2. The average molecular weight is 514 g/mol. The molecule has 0 saturated carbocycles. The third-order valence-corrected chi connectivity index (χ3v) is 6.82. The van der Waals surface area contributed by atoms with Gasteiger partial charge in [-0.25, -0.2) is 4.39 Å². The quantitative estimate of drug-likeness (QED) is 0.351. The number of rotatable bonds is 5. The minimum Gasteiger partial charge on any atom is -0.492 e. The molecule has 0 aliphatic carbocycles. The lowest BCUT2D eigenvalue weighted by molar-refractivity contribution is -0.128. The second kappa shape index (κ2) is 10.8. The SMILES string of the molecule is C=CC(=O)N1CCCC[C@@H]1C#Cc1cnccc1-c1[nH]c2c(c1Nc1cccc(F)c1OC)C(=O)NCC2. The number of aromatic amines is 1. The Bertz CT molecular complexity index is 1470. The van der Waals surface area contributed by atoms with Gasteiger partial charge in [-0.1, -0.05) is 24.5 Å². The molecule has 3 aromatic rings. The number of piperidine rings is 1. The zero-order chi connectivity index (χ0) is 26.6. The number of ether oxygens (including phenoxy) is 1. The van der Waals surface area contributed by atoms with Gasteiger partial charge in [0, 0.05) is 43.2 Å². The molecule has 5 rings (SSSR count). The van der Waals surface area contributed by atoms with Gasteiger partial charge in [0.1, 0.15) is 0 Å². The van der Waals surface area contributed by atoms with Gasteiger partial charge in [0.2, 0.25) is 5.91 Å². The summed E-state index contributed by atoms with van der Waals surface area (Å²) in [6, 6.07) is 6.17. The van der Waals surface area contributed by atoms with E-state index in [-0.39, 0.29) is 23.6 Å². The standard InChI is InChI=1S/C29H28FN5O3/c1-3-24(36)35-16-5-4-7-19(35)11-10-18-17-31-14-12-20(18)26-27(25-22(33-26)13-15-32-29(25)37)34-23-9-6-8-21(30)28(23)38-2/h3,6,8-9,12,14,17,19,33-34H,1,4-5,7,13,15-16H2,2H3,(H,32,37)/t19-/m1/s1. The number of nitrogens with zero attached hydrogens (tertiary/aromatic N) is 2. The molecule has 1 atom stereocenters. The van der Waals surface area contributed by atoms with E-state index < -0.39 is 5.82 Å². The summed E-state index contributed by atoms with van der Waals surface area (Å²) in [6.45, 7) is 4.77. The Morgan fingerprint density at radius 2 is 2.21 bits per heavy atom. The number of para-hydroxylation sites is 1. The number of likely N-dealkylation sites (tertiary alicyclic amines) is 1. The number of aromatic nitrogens is 2. The van der Waals surface area contributed by atoms with E-state index in [2.05, 4.69) is 39.0 Å². The predicted octanol–water partition coefficient (Wildman–Crippen LogP) is 4.17. The summed E-state index contributed by atoms with van der Waals surface area (Å²) >= 11 is 0. The number of amides is 2. The number of hydrogen-bond donors (Lipinski definition) is 3. The summed E-state index contributed by atoms with van der Waals surface area (Å²) in [5.41, 5.74) is 4.11. The van der Waals surface area contributed by atoms with Crippen LogP contribution in [0.1, 0.15) is 40.9 Å². The maximum absolute atomic E-state index is 14.5. The van der Waals surface area contributed by atoms with Crippen molar-refractivity contribution in [3.05, 3.63) is 72.0 Å². The normalized spacial score (nSPS) is 16.5. The number of carbonyl (C=O) groups is 2. The smallest absolute Gasteiger partial charge is 0.255 e. The maximum Gasteiger partial charge on any atom is 0.255 e. The first kappa shape index (κ1) is 25.1. The predicted molar refractivity (Wildman–Crippen MR) is 143 cm³/mol. The molecule has 0 spiro atoms. The molecule has 3 N–H and O–H groups in total. The molecule has 1 fully saturated rings. The molecule has 2 aliphatic heterocycles. The molecule has 0 radical (unpaired) electrons. The van der Waals surface area contributed by atoms with Crippen molar-refractivity contribution < 1.29 is 18.7 Å². The Labute approximate surface area is 220 Å². The molecular formula is C29H28FN5O3. The van der Waals surface area contributed by atoms with Crippen LogP contribution in [0.4, 0.5) is 15.8 Å². The van der Waals surface area contributed by atoms with Crippen LogP contribution in [0, 0.1) is 17.7 Å². The number of H-pyrrole nitrogens is 1. The highest BCUT2D eigenvalue weighted by Gasteiger charge is 2.29. The van der Waals surface area contributed by atoms with Crippen LogP contribution in [-0.2, 0) is 11.2 Å². The minimum absolute atomic E-state index is 0.0450. The lowest BCUT2D eigenvalue weighted by Crippen LogP contribution is -2.42. The van der Waals surface area contributed by atoms with E-state index in [1.54, 1.807) is 29.4 Å². The molecule has 1 saturated heterocycles. The third-order valence-electron chi connectivity index (χ3n) is 6.82. The molecule has 194 valence electrons. The van der Waals surface area contributed by atoms with E-state index in [4.69, 9.17) is 4.74 Å². The van der Waals surface area contributed by atoms with Crippen molar-refractivity contribution in [2.75, 3.05) is 25.5 Å². The Hall–Kier alpha value is -4.58. The van der Waals surface area contributed by atoms with E-state index >= 15 is 0 Å². The molecular weight excluding hydrogens is 485 g/mol. The van der Waals surface area contributed by atoms with Crippen molar-refractivity contribution in [1.82, 2.24) is 20.2 Å². The third kappa shape index (κ3) is 4.73. The number of fused-ring (bicyclic) bond motifs is 1. The molecule has 0 bridgehead atoms. The summed E-state index contributed by atoms with van der Waals surface area (Å²) < 4.78 is 19.8. The van der Waals surface area contributed by atoms with Crippen molar-refractivity contribution in [2.45, 2.75) is 31.7 Å². The number of pyridine rings is 1. The first-order valence-corrected chi connectivity index (χ1v) is 12.5. The zero-order valence-electron chi connectivity index (χ0n) is 21.1. The highest BCUT2D eigenvalue weighted by atomic mass is 19.1. The molecule has 38 heavy (non-hydrogen) atoms. The van der Waals surface area contributed by atoms with Crippen LogP contribution in [0.15, 0.2) is 49.3 Å². The van der Waals surface area contributed by atoms with E-state index in [1.165, 1.54) is 19.3 Å². The van der Waals surface area contributed by atoms with Gasteiger partial charge in [0.25, 0.3) is 5.91 Å².